The van der Waals surface area contributed by atoms with Crippen molar-refractivity contribution in [2.45, 2.75) is 24.9 Å². The van der Waals surface area contributed by atoms with Crippen LogP contribution in [-0.2, 0) is 14.4 Å². The number of carbonyl (C=O) groups is 3. The fourth-order valence-electron chi connectivity index (χ4n) is 2.57. The van der Waals surface area contributed by atoms with Gasteiger partial charge in [-0.1, -0.05) is 0 Å². The molecule has 0 saturated carbocycles. The fourth-order valence-corrected chi connectivity index (χ4v) is 2.57. The largest absolute Gasteiger partial charge is 0.358 e. The number of carbonyl (C=O) groups excluding carboxylic acids is 3. The molecule has 0 radical (unpaired) electrons. The summed E-state index contributed by atoms with van der Waals surface area (Å²) in [6, 6.07) is -0.218. The summed E-state index contributed by atoms with van der Waals surface area (Å²) in [4.78, 5) is 36.5. The van der Waals surface area contributed by atoms with Gasteiger partial charge in [0.1, 0.15) is 6.04 Å². The summed E-state index contributed by atoms with van der Waals surface area (Å²) in [7, 11) is 1.63. The minimum absolute atomic E-state index is 0.0135. The van der Waals surface area contributed by atoms with Gasteiger partial charge in [-0.15, -0.1) is 0 Å². The van der Waals surface area contributed by atoms with E-state index in [9.17, 15) is 14.4 Å². The maximum atomic E-state index is 12.1. The lowest BCUT2D eigenvalue weighted by molar-refractivity contribution is -0.127. The Hall–Kier alpha value is -1.67. The molecule has 2 aliphatic heterocycles. The lowest BCUT2D eigenvalue weighted by atomic mass is 10.0. The highest BCUT2D eigenvalue weighted by Crippen LogP contribution is 2.10. The number of piperidine rings is 1. The second kappa shape index (κ2) is 7.37. The van der Waals surface area contributed by atoms with Crippen molar-refractivity contribution in [3.8, 4) is 0 Å². The standard InChI is InChI=1S/C13H23N5O3/c1-14-12(20)8-18-4-2-9(3-5-18)17-13(21)10-6-16-11(19)7-15-10/h9-10,15H,2-8H2,1H3,(H,14,20)(H,16,19)(H,17,21). The fraction of sp³-hybridized carbons (Fsp3) is 0.769. The van der Waals surface area contributed by atoms with Crippen LogP contribution in [0.5, 0.6) is 0 Å². The van der Waals surface area contributed by atoms with Gasteiger partial charge in [-0.25, -0.2) is 0 Å². The molecule has 118 valence electrons. The molecule has 21 heavy (non-hydrogen) atoms. The number of piperazine rings is 1. The van der Waals surface area contributed by atoms with Crippen molar-refractivity contribution in [3.63, 3.8) is 0 Å². The Labute approximate surface area is 124 Å². The molecular formula is C13H23N5O3. The number of hydrogen-bond donors (Lipinski definition) is 4. The van der Waals surface area contributed by atoms with Crippen molar-refractivity contribution < 1.29 is 14.4 Å². The Balaban J connectivity index is 1.69. The number of hydrogen-bond acceptors (Lipinski definition) is 5. The molecule has 3 amide bonds. The Morgan fingerprint density at radius 3 is 2.62 bits per heavy atom. The predicted molar refractivity (Wildman–Crippen MR) is 76.5 cm³/mol. The number of likely N-dealkylation sites (N-methyl/N-ethyl adjacent to an activating group) is 1. The van der Waals surface area contributed by atoms with Gasteiger partial charge in [0.2, 0.25) is 17.7 Å². The maximum Gasteiger partial charge on any atom is 0.239 e. The summed E-state index contributed by atoms with van der Waals surface area (Å²) in [5.74, 6) is -0.138. The molecule has 2 heterocycles. The third-order valence-electron chi connectivity index (χ3n) is 3.91. The number of nitrogens with one attached hydrogen (secondary N) is 4. The molecule has 0 aromatic carbocycles. The summed E-state index contributed by atoms with van der Waals surface area (Å²) in [6.45, 7) is 2.52. The van der Waals surface area contributed by atoms with Gasteiger partial charge in [-0.2, -0.15) is 0 Å². The second-order valence-corrected chi connectivity index (χ2v) is 5.47. The predicted octanol–water partition coefficient (Wildman–Crippen LogP) is -2.60. The van der Waals surface area contributed by atoms with Crippen LogP contribution in [0, 0.1) is 0 Å². The normalized spacial score (nSPS) is 24.2. The van der Waals surface area contributed by atoms with Crippen molar-refractivity contribution in [2.75, 3.05) is 39.8 Å². The lowest BCUT2D eigenvalue weighted by Gasteiger charge is -2.33. The highest BCUT2D eigenvalue weighted by atomic mass is 16.2. The van der Waals surface area contributed by atoms with E-state index in [0.717, 1.165) is 25.9 Å². The molecule has 1 unspecified atom stereocenters. The van der Waals surface area contributed by atoms with Crippen LogP contribution in [0.2, 0.25) is 0 Å². The van der Waals surface area contributed by atoms with Gasteiger partial charge in [0.15, 0.2) is 0 Å². The average molecular weight is 297 g/mol. The quantitative estimate of drug-likeness (QED) is 0.456. The van der Waals surface area contributed by atoms with E-state index in [1.165, 1.54) is 0 Å². The third kappa shape index (κ3) is 4.68. The summed E-state index contributed by atoms with van der Waals surface area (Å²) in [5, 5.41) is 11.2. The van der Waals surface area contributed by atoms with E-state index in [0.29, 0.717) is 13.1 Å². The molecule has 2 fully saturated rings. The molecular weight excluding hydrogens is 274 g/mol. The van der Waals surface area contributed by atoms with Crippen LogP contribution in [0.15, 0.2) is 0 Å². The number of nitrogens with zero attached hydrogens (tertiary/aromatic N) is 1. The zero-order chi connectivity index (χ0) is 15.2. The van der Waals surface area contributed by atoms with Crippen LogP contribution in [0.1, 0.15) is 12.8 Å². The van der Waals surface area contributed by atoms with Gasteiger partial charge in [0, 0.05) is 32.7 Å². The zero-order valence-corrected chi connectivity index (χ0v) is 12.3. The van der Waals surface area contributed by atoms with Gasteiger partial charge in [-0.05, 0) is 12.8 Å². The maximum absolute atomic E-state index is 12.1. The highest BCUT2D eigenvalue weighted by Gasteiger charge is 2.27. The Bertz CT molecular complexity index is 397. The topological polar surface area (TPSA) is 103 Å². The monoisotopic (exact) mass is 297 g/mol. The van der Waals surface area contributed by atoms with Crippen molar-refractivity contribution in [1.82, 2.24) is 26.2 Å². The Kier molecular flexibility index (Phi) is 5.51. The van der Waals surface area contributed by atoms with E-state index in [2.05, 4.69) is 26.2 Å². The molecule has 1 atom stereocenters. The van der Waals surface area contributed by atoms with Crippen molar-refractivity contribution in [3.05, 3.63) is 0 Å². The lowest BCUT2D eigenvalue weighted by Crippen LogP contribution is -2.59. The van der Waals surface area contributed by atoms with Crippen LogP contribution < -0.4 is 21.3 Å². The molecule has 0 aliphatic carbocycles. The smallest absolute Gasteiger partial charge is 0.239 e. The summed E-state index contributed by atoms with van der Waals surface area (Å²) < 4.78 is 0. The van der Waals surface area contributed by atoms with Gasteiger partial charge >= 0.3 is 0 Å². The van der Waals surface area contributed by atoms with E-state index in [1.54, 1.807) is 7.05 Å². The molecule has 0 bridgehead atoms. The van der Waals surface area contributed by atoms with E-state index in [4.69, 9.17) is 0 Å². The summed E-state index contributed by atoms with van der Waals surface area (Å²) in [6.07, 6.45) is 1.67. The summed E-state index contributed by atoms with van der Waals surface area (Å²) in [5.41, 5.74) is 0. The van der Waals surface area contributed by atoms with Gasteiger partial charge in [-0.3, -0.25) is 24.6 Å². The number of amides is 3. The van der Waals surface area contributed by atoms with E-state index < -0.39 is 0 Å². The van der Waals surface area contributed by atoms with E-state index in [1.807, 2.05) is 0 Å². The molecule has 2 aliphatic rings. The molecule has 4 N–H and O–H groups in total. The second-order valence-electron chi connectivity index (χ2n) is 5.47. The van der Waals surface area contributed by atoms with E-state index >= 15 is 0 Å². The van der Waals surface area contributed by atoms with Crippen LogP contribution in [0.25, 0.3) is 0 Å². The first-order chi connectivity index (χ1) is 10.1. The van der Waals surface area contributed by atoms with Crippen molar-refractivity contribution in [2.24, 2.45) is 0 Å². The molecule has 0 spiro atoms. The summed E-state index contributed by atoms with van der Waals surface area (Å²) >= 11 is 0. The molecule has 8 nitrogen and oxygen atoms in total. The van der Waals surface area contributed by atoms with Crippen molar-refractivity contribution >= 4 is 17.7 Å². The highest BCUT2D eigenvalue weighted by molar-refractivity contribution is 5.86. The molecule has 2 saturated heterocycles. The van der Waals surface area contributed by atoms with Gasteiger partial charge < -0.3 is 16.0 Å². The van der Waals surface area contributed by atoms with Crippen LogP contribution >= 0.6 is 0 Å². The SMILES string of the molecule is CNC(=O)CN1CCC(NC(=O)C2CNC(=O)CN2)CC1. The van der Waals surface area contributed by atoms with Crippen LogP contribution in [0.4, 0.5) is 0 Å². The van der Waals surface area contributed by atoms with Gasteiger partial charge in [0.25, 0.3) is 0 Å². The first-order valence-electron chi connectivity index (χ1n) is 7.32. The molecule has 2 rings (SSSR count). The minimum atomic E-state index is -0.355. The first kappa shape index (κ1) is 15.7. The molecule has 8 heteroatoms. The Morgan fingerprint density at radius 1 is 1.33 bits per heavy atom. The van der Waals surface area contributed by atoms with Crippen LogP contribution in [0.3, 0.4) is 0 Å². The minimum Gasteiger partial charge on any atom is -0.358 e. The first-order valence-corrected chi connectivity index (χ1v) is 7.32. The van der Waals surface area contributed by atoms with Crippen LogP contribution in [-0.4, -0.2) is 74.5 Å². The van der Waals surface area contributed by atoms with Gasteiger partial charge in [0.05, 0.1) is 13.1 Å². The number of likely N-dealkylation sites (tertiary alicyclic amines) is 1. The van der Waals surface area contributed by atoms with E-state index in [-0.39, 0.29) is 36.3 Å². The molecule has 0 aromatic rings. The molecule has 0 aromatic heterocycles. The zero-order valence-electron chi connectivity index (χ0n) is 12.3. The average Bonchev–Trinajstić information content (AvgIpc) is 2.49. The Morgan fingerprint density at radius 2 is 2.05 bits per heavy atom. The number of rotatable bonds is 4. The van der Waals surface area contributed by atoms with Crippen molar-refractivity contribution in [1.29, 1.82) is 0 Å². The third-order valence-corrected chi connectivity index (χ3v) is 3.91.